The lowest BCUT2D eigenvalue weighted by atomic mass is 9.88. The maximum atomic E-state index is 3.56. The molecule has 12 heavy (non-hydrogen) atoms. The molecule has 0 nitrogen and oxygen atoms in total. The van der Waals surface area contributed by atoms with Gasteiger partial charge in [0.05, 0.1) is 16.4 Å². The maximum Gasteiger partial charge on any atom is 0.0651 e. The van der Waals surface area contributed by atoms with Crippen LogP contribution in [0.2, 0.25) is 0 Å². The van der Waals surface area contributed by atoms with Gasteiger partial charge >= 0.3 is 0 Å². The summed E-state index contributed by atoms with van der Waals surface area (Å²) in [6, 6.07) is 0. The van der Waals surface area contributed by atoms with Crippen molar-refractivity contribution in [2.24, 2.45) is 0 Å². The second-order valence-electron chi connectivity index (χ2n) is 2.15. The van der Waals surface area contributed by atoms with Crippen LogP contribution in [0.15, 0.2) is 17.9 Å². The van der Waals surface area contributed by atoms with Crippen LogP contribution in [0, 0.1) is 0 Å². The van der Waals surface area contributed by atoms with Crippen molar-refractivity contribution in [2.45, 2.75) is 9.65 Å². The van der Waals surface area contributed by atoms with Crippen LogP contribution >= 0.6 is 95.6 Å². The molecule has 0 heterocycles. The van der Waals surface area contributed by atoms with E-state index in [2.05, 4.69) is 95.6 Å². The largest absolute Gasteiger partial charge is 0.0822 e. The van der Waals surface area contributed by atoms with Crippen molar-refractivity contribution in [3.05, 3.63) is 17.9 Å². The van der Waals surface area contributed by atoms with Gasteiger partial charge in [0.15, 0.2) is 0 Å². The zero-order valence-electron chi connectivity index (χ0n) is 5.42. The first-order valence-corrected chi connectivity index (χ1v) is 7.86. The average molecular weight is 554 g/mol. The van der Waals surface area contributed by atoms with Crippen molar-refractivity contribution in [3.63, 3.8) is 0 Å². The molecule has 0 aromatic rings. The topological polar surface area (TPSA) is 0 Å². The predicted molar refractivity (Wildman–Crippen MR) is 75.2 cm³/mol. The van der Waals surface area contributed by atoms with Crippen LogP contribution in [-0.2, 0) is 0 Å². The highest BCUT2D eigenvalue weighted by atomic mass is 79.9. The van der Waals surface area contributed by atoms with Crippen LogP contribution in [0.3, 0.4) is 0 Å². The minimum absolute atomic E-state index is 0.353. The van der Waals surface area contributed by atoms with E-state index in [1.165, 1.54) is 11.1 Å². The highest BCUT2D eigenvalue weighted by Gasteiger charge is 2.40. The number of allylic oxidation sites excluding steroid dienone is 2. The fourth-order valence-corrected chi connectivity index (χ4v) is 5.45. The van der Waals surface area contributed by atoms with Gasteiger partial charge in [-0.1, -0.05) is 31.9 Å². The molecular weight excluding hydrogens is 551 g/mol. The quantitative estimate of drug-likeness (QED) is 0.346. The van der Waals surface area contributed by atoms with Gasteiger partial charge in [-0.05, 0) is 74.9 Å². The Bertz CT molecular complexity index is 229. The molecule has 0 radical (unpaired) electrons. The predicted octanol–water partition coefficient (Wildman–Crippen LogP) is 5.53. The van der Waals surface area contributed by atoms with Gasteiger partial charge in [-0.2, -0.15) is 0 Å². The summed E-state index contributed by atoms with van der Waals surface area (Å²) in [6.45, 7) is 0. The van der Waals surface area contributed by atoms with Gasteiger partial charge in [0, 0.05) is 0 Å². The zero-order valence-corrected chi connectivity index (χ0v) is 14.9. The van der Waals surface area contributed by atoms with Crippen LogP contribution in [0.1, 0.15) is 0 Å². The third-order valence-electron chi connectivity index (χ3n) is 1.51. The lowest BCUT2D eigenvalue weighted by Gasteiger charge is -2.35. The molecule has 0 aromatic carbocycles. The normalized spacial score (nSPS) is 28.5. The highest BCUT2D eigenvalue weighted by molar-refractivity contribution is 9.28. The van der Waals surface area contributed by atoms with Crippen molar-refractivity contribution in [1.29, 1.82) is 0 Å². The molecule has 1 aliphatic rings. The summed E-state index contributed by atoms with van der Waals surface area (Å²) in [6.07, 6.45) is 0. The van der Waals surface area contributed by atoms with Crippen molar-refractivity contribution in [3.8, 4) is 0 Å². The van der Waals surface area contributed by atoms with Crippen molar-refractivity contribution >= 4 is 95.6 Å². The fourth-order valence-electron chi connectivity index (χ4n) is 0.906. The van der Waals surface area contributed by atoms with Gasteiger partial charge in [0.2, 0.25) is 0 Å². The van der Waals surface area contributed by atoms with E-state index in [0.717, 1.165) is 6.78 Å². The zero-order chi connectivity index (χ0) is 9.46. The Kier molecular flexibility index (Phi) is 5.10. The maximum absolute atomic E-state index is 3.56. The summed E-state index contributed by atoms with van der Waals surface area (Å²) >= 11 is 20.7. The summed E-state index contributed by atoms with van der Waals surface area (Å²) in [5, 5.41) is 0. The lowest BCUT2D eigenvalue weighted by molar-refractivity contribution is 0.897. The van der Waals surface area contributed by atoms with Gasteiger partial charge < -0.3 is 0 Å². The van der Waals surface area contributed by atoms with Gasteiger partial charge in [-0.25, -0.2) is 0 Å². The van der Waals surface area contributed by atoms with Crippen molar-refractivity contribution in [2.75, 3.05) is 0 Å². The number of halogens is 6. The van der Waals surface area contributed by atoms with Gasteiger partial charge in [0.1, 0.15) is 0 Å². The van der Waals surface area contributed by atoms with E-state index >= 15 is 0 Å². The standard InChI is InChI=1S/C6H2Br6/c7-3-1(5(9)10)2(4(3)8)6(11)12/h3-4H/t3-,4+. The summed E-state index contributed by atoms with van der Waals surface area (Å²) in [5.41, 5.74) is 2.45. The van der Waals surface area contributed by atoms with Gasteiger partial charge in [0.25, 0.3) is 0 Å². The molecule has 0 N–H and O–H groups in total. The molecule has 1 rings (SSSR count). The van der Waals surface area contributed by atoms with E-state index in [-0.39, 0.29) is 0 Å². The lowest BCUT2D eigenvalue weighted by Crippen LogP contribution is -2.34. The number of hydrogen-bond donors (Lipinski definition) is 0. The Hall–Kier alpha value is 2.36. The van der Waals surface area contributed by atoms with E-state index in [4.69, 9.17) is 0 Å². The van der Waals surface area contributed by atoms with Gasteiger partial charge in [-0.15, -0.1) is 0 Å². The highest BCUT2D eigenvalue weighted by Crippen LogP contribution is 2.51. The first kappa shape index (κ1) is 12.4. The van der Waals surface area contributed by atoms with Crippen molar-refractivity contribution in [1.82, 2.24) is 0 Å². The van der Waals surface area contributed by atoms with E-state index in [1.807, 2.05) is 0 Å². The Balaban J connectivity index is 3.08. The third kappa shape index (κ3) is 2.30. The molecule has 0 saturated heterocycles. The van der Waals surface area contributed by atoms with Crippen LogP contribution in [0.25, 0.3) is 0 Å². The van der Waals surface area contributed by atoms with Crippen LogP contribution < -0.4 is 0 Å². The van der Waals surface area contributed by atoms with Crippen LogP contribution in [0.5, 0.6) is 0 Å². The van der Waals surface area contributed by atoms with Gasteiger partial charge in [-0.3, -0.25) is 0 Å². The van der Waals surface area contributed by atoms with E-state index in [9.17, 15) is 0 Å². The molecule has 1 saturated carbocycles. The first-order valence-electron chi connectivity index (χ1n) is 2.85. The average Bonchev–Trinajstić information content (AvgIpc) is 1.96. The monoisotopic (exact) mass is 548 g/mol. The molecule has 68 valence electrons. The van der Waals surface area contributed by atoms with Crippen LogP contribution in [0.4, 0.5) is 0 Å². The Morgan fingerprint density at radius 2 is 1.00 bits per heavy atom. The number of rotatable bonds is 0. The second-order valence-corrected chi connectivity index (χ2v) is 9.42. The fraction of sp³-hybridized carbons (Fsp3) is 0.333. The molecule has 0 amide bonds. The number of hydrogen-bond acceptors (Lipinski definition) is 0. The van der Waals surface area contributed by atoms with Crippen LogP contribution in [-0.4, -0.2) is 9.65 Å². The Morgan fingerprint density at radius 3 is 1.17 bits per heavy atom. The minimum atomic E-state index is 0.353. The molecule has 0 aliphatic heterocycles. The molecule has 1 aliphatic carbocycles. The van der Waals surface area contributed by atoms with E-state index < -0.39 is 0 Å². The number of alkyl halides is 2. The SMILES string of the molecule is BrC(Br)=C1C(=C(Br)Br)[C@H](Br)[C@@H]1Br. The van der Waals surface area contributed by atoms with E-state index in [1.54, 1.807) is 0 Å². The molecule has 0 spiro atoms. The summed E-state index contributed by atoms with van der Waals surface area (Å²) in [5.74, 6) is 0. The molecule has 6 heteroatoms. The molecule has 0 aromatic heterocycles. The van der Waals surface area contributed by atoms with E-state index in [0.29, 0.717) is 9.65 Å². The minimum Gasteiger partial charge on any atom is -0.0822 e. The Morgan fingerprint density at radius 1 is 0.750 bits per heavy atom. The Labute approximate surface area is 121 Å². The molecule has 0 bridgehead atoms. The third-order valence-corrected chi connectivity index (χ3v) is 5.90. The summed E-state index contributed by atoms with van der Waals surface area (Å²) in [4.78, 5) is 0.706. The summed E-state index contributed by atoms with van der Waals surface area (Å²) < 4.78 is 1.97. The molecule has 0 unspecified atom stereocenters. The molecule has 1 fully saturated rings. The smallest absolute Gasteiger partial charge is 0.0651 e. The van der Waals surface area contributed by atoms with Crippen molar-refractivity contribution < 1.29 is 0 Å². The summed E-state index contributed by atoms with van der Waals surface area (Å²) in [7, 11) is 0. The molecule has 2 atom stereocenters. The second kappa shape index (κ2) is 4.92. The molecular formula is C6H2Br6. The first-order chi connectivity index (χ1) is 5.46.